The van der Waals surface area contributed by atoms with Crippen molar-refractivity contribution in [3.05, 3.63) is 0 Å². The molecule has 0 radical (unpaired) electrons. The number of alkyl halides is 1. The second kappa shape index (κ2) is 5.08. The molecule has 1 nitrogen and oxygen atoms in total. The molecule has 0 N–H and O–H groups in total. The van der Waals surface area contributed by atoms with E-state index in [1.165, 1.54) is 19.3 Å². The van der Waals surface area contributed by atoms with Crippen LogP contribution in [0.3, 0.4) is 0 Å². The van der Waals surface area contributed by atoms with Gasteiger partial charge in [0.2, 0.25) is 0 Å². The van der Waals surface area contributed by atoms with Gasteiger partial charge in [-0.2, -0.15) is 0 Å². The van der Waals surface area contributed by atoms with Crippen molar-refractivity contribution >= 4 is 22.6 Å². The van der Waals surface area contributed by atoms with Crippen molar-refractivity contribution in [1.82, 2.24) is 0 Å². The summed E-state index contributed by atoms with van der Waals surface area (Å²) in [6.45, 7) is 0.796. The van der Waals surface area contributed by atoms with E-state index in [1.807, 2.05) is 0 Å². The first-order chi connectivity index (χ1) is 5.83. The first-order valence-electron chi connectivity index (χ1n) is 4.51. The third-order valence-corrected chi connectivity index (χ3v) is 2.82. The lowest BCUT2D eigenvalue weighted by Crippen LogP contribution is -2.33. The molecule has 1 rings (SSSR count). The number of halogens is 1. The molecule has 0 amide bonds. The molecule has 0 aromatic carbocycles. The zero-order valence-corrected chi connectivity index (χ0v) is 9.47. The van der Waals surface area contributed by atoms with Crippen molar-refractivity contribution in [2.45, 2.75) is 37.7 Å². The predicted molar refractivity (Wildman–Crippen MR) is 59.5 cm³/mol. The van der Waals surface area contributed by atoms with Gasteiger partial charge in [0.15, 0.2) is 0 Å². The third kappa shape index (κ3) is 2.63. The second-order valence-corrected chi connectivity index (χ2v) is 4.32. The summed E-state index contributed by atoms with van der Waals surface area (Å²) in [6, 6.07) is 0. The van der Waals surface area contributed by atoms with Gasteiger partial charge in [0.05, 0.1) is 6.61 Å². The van der Waals surface area contributed by atoms with E-state index in [9.17, 15) is 0 Å². The quantitative estimate of drug-likeness (QED) is 0.438. The van der Waals surface area contributed by atoms with Gasteiger partial charge in [0.1, 0.15) is 5.60 Å². The number of terminal acetylenes is 1. The molecule has 1 aliphatic rings. The lowest BCUT2D eigenvalue weighted by Gasteiger charge is -2.32. The summed E-state index contributed by atoms with van der Waals surface area (Å²) >= 11 is 2.31. The molecule has 0 bridgehead atoms. The zero-order valence-electron chi connectivity index (χ0n) is 7.31. The third-order valence-electron chi connectivity index (χ3n) is 2.38. The Morgan fingerprint density at radius 2 is 2.00 bits per heavy atom. The number of hydrogen-bond donors (Lipinski definition) is 0. The summed E-state index contributed by atoms with van der Waals surface area (Å²) in [5.74, 6) is 2.83. The van der Waals surface area contributed by atoms with Crippen molar-refractivity contribution in [2.24, 2.45) is 0 Å². The van der Waals surface area contributed by atoms with Crippen LogP contribution in [0.25, 0.3) is 0 Å². The lowest BCUT2D eigenvalue weighted by molar-refractivity contribution is -0.0167. The van der Waals surface area contributed by atoms with Gasteiger partial charge >= 0.3 is 0 Å². The smallest absolute Gasteiger partial charge is 0.128 e. The molecule has 1 aliphatic carbocycles. The molecule has 12 heavy (non-hydrogen) atoms. The molecule has 0 unspecified atom stereocenters. The predicted octanol–water partition coefficient (Wildman–Crippen LogP) is 2.77. The molecule has 0 atom stereocenters. The van der Waals surface area contributed by atoms with Crippen molar-refractivity contribution in [2.75, 3.05) is 11.0 Å². The van der Waals surface area contributed by atoms with Gasteiger partial charge in [0, 0.05) is 4.43 Å². The molecule has 68 valence electrons. The minimum atomic E-state index is -0.205. The zero-order chi connectivity index (χ0) is 8.86. The Bertz CT molecular complexity index is 165. The molecule has 0 aliphatic heterocycles. The monoisotopic (exact) mass is 278 g/mol. The van der Waals surface area contributed by atoms with Gasteiger partial charge in [-0.3, -0.25) is 0 Å². The van der Waals surface area contributed by atoms with Gasteiger partial charge in [-0.15, -0.1) is 6.42 Å². The first-order valence-corrected chi connectivity index (χ1v) is 6.03. The van der Waals surface area contributed by atoms with E-state index in [0.717, 1.165) is 23.9 Å². The van der Waals surface area contributed by atoms with E-state index in [4.69, 9.17) is 11.2 Å². The fourth-order valence-corrected chi connectivity index (χ4v) is 1.91. The van der Waals surface area contributed by atoms with Crippen molar-refractivity contribution < 1.29 is 4.74 Å². The Balaban J connectivity index is 2.44. The Morgan fingerprint density at radius 1 is 1.33 bits per heavy atom. The molecule has 1 saturated carbocycles. The van der Waals surface area contributed by atoms with Crippen LogP contribution >= 0.6 is 22.6 Å². The SMILES string of the molecule is C#CC1(OCCI)CCCCC1. The number of rotatable bonds is 3. The Hall–Kier alpha value is 0.250. The van der Waals surface area contributed by atoms with Crippen LogP contribution in [0.2, 0.25) is 0 Å². The lowest BCUT2D eigenvalue weighted by atomic mass is 9.85. The van der Waals surface area contributed by atoms with Gasteiger partial charge < -0.3 is 4.74 Å². The highest BCUT2D eigenvalue weighted by Gasteiger charge is 2.30. The van der Waals surface area contributed by atoms with Crippen molar-refractivity contribution in [1.29, 1.82) is 0 Å². The highest BCUT2D eigenvalue weighted by atomic mass is 127. The van der Waals surface area contributed by atoms with Gasteiger partial charge in [-0.05, 0) is 25.7 Å². The van der Waals surface area contributed by atoms with Crippen LogP contribution < -0.4 is 0 Å². The average molecular weight is 278 g/mol. The molecule has 0 aromatic rings. The van der Waals surface area contributed by atoms with Crippen LogP contribution in [0, 0.1) is 12.3 Å². The Morgan fingerprint density at radius 3 is 2.50 bits per heavy atom. The highest BCUT2D eigenvalue weighted by Crippen LogP contribution is 2.30. The van der Waals surface area contributed by atoms with Crippen LogP contribution in [0.1, 0.15) is 32.1 Å². The maximum Gasteiger partial charge on any atom is 0.128 e. The van der Waals surface area contributed by atoms with Crippen LogP contribution in [-0.2, 0) is 4.74 Å². The molecule has 2 heteroatoms. The van der Waals surface area contributed by atoms with Gasteiger partial charge in [-0.1, -0.05) is 34.9 Å². The van der Waals surface area contributed by atoms with Crippen LogP contribution in [-0.4, -0.2) is 16.6 Å². The Labute approximate surface area is 88.4 Å². The van der Waals surface area contributed by atoms with Crippen LogP contribution in [0.15, 0.2) is 0 Å². The second-order valence-electron chi connectivity index (χ2n) is 3.24. The minimum absolute atomic E-state index is 0.205. The largest absolute Gasteiger partial charge is 0.362 e. The fraction of sp³-hybridized carbons (Fsp3) is 0.800. The average Bonchev–Trinajstić information content (AvgIpc) is 2.16. The molecule has 0 aromatic heterocycles. The molecule has 0 spiro atoms. The molecule has 1 fully saturated rings. The normalized spacial score (nSPS) is 21.7. The molecular weight excluding hydrogens is 263 g/mol. The van der Waals surface area contributed by atoms with E-state index in [0.29, 0.717) is 0 Å². The van der Waals surface area contributed by atoms with Gasteiger partial charge in [-0.25, -0.2) is 0 Å². The summed E-state index contributed by atoms with van der Waals surface area (Å²) in [5.41, 5.74) is -0.205. The summed E-state index contributed by atoms with van der Waals surface area (Å²) in [6.07, 6.45) is 11.4. The van der Waals surface area contributed by atoms with Crippen LogP contribution in [0.4, 0.5) is 0 Å². The summed E-state index contributed by atoms with van der Waals surface area (Å²) in [7, 11) is 0. The van der Waals surface area contributed by atoms with E-state index in [2.05, 4.69) is 28.5 Å². The summed E-state index contributed by atoms with van der Waals surface area (Å²) in [5, 5.41) is 0. The van der Waals surface area contributed by atoms with E-state index in [-0.39, 0.29) is 5.60 Å². The topological polar surface area (TPSA) is 9.23 Å². The summed E-state index contributed by atoms with van der Waals surface area (Å²) < 4.78 is 6.75. The molecule has 0 heterocycles. The maximum absolute atomic E-state index is 5.73. The molecular formula is C10H15IO. The number of hydrogen-bond acceptors (Lipinski definition) is 1. The van der Waals surface area contributed by atoms with Crippen molar-refractivity contribution in [3.8, 4) is 12.3 Å². The van der Waals surface area contributed by atoms with E-state index < -0.39 is 0 Å². The number of ether oxygens (including phenoxy) is 1. The highest BCUT2D eigenvalue weighted by molar-refractivity contribution is 14.1. The van der Waals surface area contributed by atoms with Crippen LogP contribution in [0.5, 0.6) is 0 Å². The fourth-order valence-electron chi connectivity index (χ4n) is 1.69. The van der Waals surface area contributed by atoms with Crippen molar-refractivity contribution in [3.63, 3.8) is 0 Å². The maximum atomic E-state index is 5.73. The van der Waals surface area contributed by atoms with Gasteiger partial charge in [0.25, 0.3) is 0 Å². The summed E-state index contributed by atoms with van der Waals surface area (Å²) in [4.78, 5) is 0. The van der Waals surface area contributed by atoms with E-state index in [1.54, 1.807) is 0 Å². The standard InChI is InChI=1S/C10H15IO/c1-2-10(12-9-8-11)6-4-3-5-7-10/h1H,3-9H2. The first kappa shape index (κ1) is 10.3. The van der Waals surface area contributed by atoms with E-state index >= 15 is 0 Å². The minimum Gasteiger partial charge on any atom is -0.362 e. The molecule has 0 saturated heterocycles. The Kier molecular flexibility index (Phi) is 4.38.